The van der Waals surface area contributed by atoms with Gasteiger partial charge in [0, 0.05) is 22.6 Å². The zero-order valence-electron chi connectivity index (χ0n) is 12.7. The van der Waals surface area contributed by atoms with Crippen molar-refractivity contribution < 1.29 is 14.6 Å². The van der Waals surface area contributed by atoms with E-state index < -0.39 is 5.97 Å². The fourth-order valence-electron chi connectivity index (χ4n) is 3.50. The molecular weight excluding hydrogens is 266 g/mol. The largest absolute Gasteiger partial charge is 0.497 e. The molecule has 1 aromatic heterocycles. The Balaban J connectivity index is 2.23. The molecule has 0 saturated heterocycles. The second-order valence-electron chi connectivity index (χ2n) is 6.05. The van der Waals surface area contributed by atoms with E-state index in [2.05, 4.69) is 24.5 Å². The van der Waals surface area contributed by atoms with Crippen LogP contribution in [0.2, 0.25) is 0 Å². The molecule has 0 spiro atoms. The van der Waals surface area contributed by atoms with Crippen LogP contribution in [0.25, 0.3) is 10.9 Å². The molecule has 3 rings (SSSR count). The van der Waals surface area contributed by atoms with E-state index in [-0.39, 0.29) is 5.92 Å². The molecule has 1 aliphatic rings. The monoisotopic (exact) mass is 287 g/mol. The molecule has 4 heteroatoms. The maximum absolute atomic E-state index is 11.3. The van der Waals surface area contributed by atoms with Crippen LogP contribution in [-0.2, 0) is 17.6 Å². The summed E-state index contributed by atoms with van der Waals surface area (Å²) in [4.78, 5) is 11.3. The van der Waals surface area contributed by atoms with E-state index in [1.807, 2.05) is 12.1 Å². The van der Waals surface area contributed by atoms with Gasteiger partial charge in [0.15, 0.2) is 0 Å². The van der Waals surface area contributed by atoms with Crippen molar-refractivity contribution in [3.05, 3.63) is 29.5 Å². The number of methoxy groups -OCH3 is 1. The number of carboxylic acids is 1. The first-order valence-corrected chi connectivity index (χ1v) is 7.45. The summed E-state index contributed by atoms with van der Waals surface area (Å²) in [5, 5.41) is 10.5. The van der Waals surface area contributed by atoms with Gasteiger partial charge in [-0.1, -0.05) is 0 Å². The van der Waals surface area contributed by atoms with Crippen LogP contribution in [0.15, 0.2) is 18.2 Å². The summed E-state index contributed by atoms with van der Waals surface area (Å²) in [5.74, 6) is -0.132. The highest BCUT2D eigenvalue weighted by molar-refractivity contribution is 5.88. The smallest absolute Gasteiger partial charge is 0.306 e. The number of carbonyl (C=O) groups is 1. The second-order valence-corrected chi connectivity index (χ2v) is 6.05. The van der Waals surface area contributed by atoms with E-state index in [1.54, 1.807) is 7.11 Å². The third kappa shape index (κ3) is 2.19. The Morgan fingerprint density at radius 2 is 2.19 bits per heavy atom. The normalized spacial score (nSPS) is 18.0. The Kier molecular flexibility index (Phi) is 3.40. The van der Waals surface area contributed by atoms with Gasteiger partial charge in [0.2, 0.25) is 0 Å². The summed E-state index contributed by atoms with van der Waals surface area (Å²) < 4.78 is 7.68. The minimum atomic E-state index is -0.686. The molecule has 4 nitrogen and oxygen atoms in total. The third-order valence-corrected chi connectivity index (χ3v) is 4.47. The van der Waals surface area contributed by atoms with Crippen molar-refractivity contribution >= 4 is 16.9 Å². The van der Waals surface area contributed by atoms with E-state index in [4.69, 9.17) is 4.74 Å². The maximum Gasteiger partial charge on any atom is 0.306 e. The van der Waals surface area contributed by atoms with Crippen molar-refractivity contribution in [1.29, 1.82) is 0 Å². The average Bonchev–Trinajstić information content (AvgIpc) is 2.79. The molecule has 112 valence electrons. The number of ether oxygens (including phenoxy) is 1. The molecule has 1 aromatic carbocycles. The molecule has 1 heterocycles. The zero-order chi connectivity index (χ0) is 15.1. The summed E-state index contributed by atoms with van der Waals surface area (Å²) in [6.45, 7) is 4.35. The highest BCUT2D eigenvalue weighted by Gasteiger charge is 2.29. The highest BCUT2D eigenvalue weighted by Crippen LogP contribution is 2.37. The number of benzene rings is 1. The molecule has 0 radical (unpaired) electrons. The molecule has 0 saturated carbocycles. The topological polar surface area (TPSA) is 51.5 Å². The Hall–Kier alpha value is -1.97. The van der Waals surface area contributed by atoms with Gasteiger partial charge < -0.3 is 14.4 Å². The number of fused-ring (bicyclic) bond motifs is 3. The fraction of sp³-hybridized carbons (Fsp3) is 0.471. The van der Waals surface area contributed by atoms with E-state index in [1.165, 1.54) is 16.8 Å². The fourth-order valence-corrected chi connectivity index (χ4v) is 3.50. The average molecular weight is 287 g/mol. The molecule has 1 N–H and O–H groups in total. The molecule has 21 heavy (non-hydrogen) atoms. The van der Waals surface area contributed by atoms with Crippen molar-refractivity contribution in [2.75, 3.05) is 7.11 Å². The van der Waals surface area contributed by atoms with Gasteiger partial charge in [-0.15, -0.1) is 0 Å². The van der Waals surface area contributed by atoms with Gasteiger partial charge in [-0.3, -0.25) is 4.79 Å². The van der Waals surface area contributed by atoms with Crippen molar-refractivity contribution in [3.63, 3.8) is 0 Å². The SMILES string of the molecule is COc1ccc2c(c1)c1c(n2C(C)C)CCC(C(=O)O)C1. The Morgan fingerprint density at radius 3 is 2.81 bits per heavy atom. The molecule has 1 atom stereocenters. The van der Waals surface area contributed by atoms with Gasteiger partial charge in [0.05, 0.1) is 13.0 Å². The van der Waals surface area contributed by atoms with Gasteiger partial charge in [-0.25, -0.2) is 0 Å². The van der Waals surface area contributed by atoms with Gasteiger partial charge in [0.1, 0.15) is 5.75 Å². The molecular formula is C17H21NO3. The summed E-state index contributed by atoms with van der Waals surface area (Å²) >= 11 is 0. The van der Waals surface area contributed by atoms with Crippen molar-refractivity contribution in [2.45, 2.75) is 39.2 Å². The number of aromatic nitrogens is 1. The van der Waals surface area contributed by atoms with Crippen LogP contribution in [0, 0.1) is 5.92 Å². The first-order chi connectivity index (χ1) is 10.0. The third-order valence-electron chi connectivity index (χ3n) is 4.47. The summed E-state index contributed by atoms with van der Waals surface area (Å²) in [6.07, 6.45) is 2.18. The highest BCUT2D eigenvalue weighted by atomic mass is 16.5. The number of hydrogen-bond donors (Lipinski definition) is 1. The number of carboxylic acid groups (broad SMARTS) is 1. The van der Waals surface area contributed by atoms with Gasteiger partial charge in [-0.05, 0) is 56.9 Å². The quantitative estimate of drug-likeness (QED) is 0.941. The van der Waals surface area contributed by atoms with E-state index in [0.717, 1.165) is 24.0 Å². The number of aliphatic carboxylic acids is 1. The Labute approximate surface area is 124 Å². The predicted molar refractivity (Wildman–Crippen MR) is 82.0 cm³/mol. The van der Waals surface area contributed by atoms with Crippen LogP contribution in [0.1, 0.15) is 37.6 Å². The van der Waals surface area contributed by atoms with Crippen molar-refractivity contribution in [3.8, 4) is 5.75 Å². The molecule has 1 unspecified atom stereocenters. The van der Waals surface area contributed by atoms with E-state index in [9.17, 15) is 9.90 Å². The van der Waals surface area contributed by atoms with Crippen LogP contribution in [0.5, 0.6) is 5.75 Å². The van der Waals surface area contributed by atoms with Crippen molar-refractivity contribution in [1.82, 2.24) is 4.57 Å². The summed E-state index contributed by atoms with van der Waals surface area (Å²) in [7, 11) is 1.66. The first kappa shape index (κ1) is 14.0. The van der Waals surface area contributed by atoms with Crippen LogP contribution >= 0.6 is 0 Å². The number of hydrogen-bond acceptors (Lipinski definition) is 2. The predicted octanol–water partition coefficient (Wildman–Crippen LogP) is 3.42. The van der Waals surface area contributed by atoms with Crippen LogP contribution in [0.3, 0.4) is 0 Å². The molecule has 1 aliphatic carbocycles. The first-order valence-electron chi connectivity index (χ1n) is 7.45. The standard InChI is InChI=1S/C17H21NO3/c1-10(2)18-15-6-4-11(17(19)20)8-13(15)14-9-12(21-3)5-7-16(14)18/h5,7,9-11H,4,6,8H2,1-3H3,(H,19,20). The molecule has 2 aromatic rings. The lowest BCUT2D eigenvalue weighted by Crippen LogP contribution is -2.23. The maximum atomic E-state index is 11.3. The summed E-state index contributed by atoms with van der Waals surface area (Å²) in [6, 6.07) is 6.46. The Bertz CT molecular complexity index is 700. The van der Waals surface area contributed by atoms with Gasteiger partial charge in [0.25, 0.3) is 0 Å². The van der Waals surface area contributed by atoms with Crippen LogP contribution in [-0.4, -0.2) is 22.8 Å². The molecule has 0 fully saturated rings. The molecule has 0 bridgehead atoms. The van der Waals surface area contributed by atoms with Gasteiger partial charge in [-0.2, -0.15) is 0 Å². The Morgan fingerprint density at radius 1 is 1.43 bits per heavy atom. The minimum Gasteiger partial charge on any atom is -0.497 e. The van der Waals surface area contributed by atoms with Crippen LogP contribution in [0.4, 0.5) is 0 Å². The zero-order valence-corrected chi connectivity index (χ0v) is 12.7. The van der Waals surface area contributed by atoms with Gasteiger partial charge >= 0.3 is 5.97 Å². The van der Waals surface area contributed by atoms with Crippen molar-refractivity contribution in [2.24, 2.45) is 5.92 Å². The van der Waals surface area contributed by atoms with Crippen LogP contribution < -0.4 is 4.74 Å². The van der Waals surface area contributed by atoms with E-state index in [0.29, 0.717) is 12.5 Å². The summed E-state index contributed by atoms with van der Waals surface area (Å²) in [5.41, 5.74) is 3.67. The minimum absolute atomic E-state index is 0.269. The molecule has 0 aliphatic heterocycles. The number of nitrogens with zero attached hydrogens (tertiary/aromatic N) is 1. The lowest BCUT2D eigenvalue weighted by atomic mass is 9.86. The van der Waals surface area contributed by atoms with E-state index >= 15 is 0 Å². The molecule has 0 amide bonds. The lowest BCUT2D eigenvalue weighted by molar-refractivity contribution is -0.142. The second kappa shape index (κ2) is 5.10. The number of rotatable bonds is 3. The lowest BCUT2D eigenvalue weighted by Gasteiger charge is -2.22.